The van der Waals surface area contributed by atoms with E-state index in [0.29, 0.717) is 5.52 Å². The van der Waals surface area contributed by atoms with E-state index in [4.69, 9.17) is 0 Å². The Labute approximate surface area is 661 Å². The Morgan fingerprint density at radius 1 is 0.434 bits per heavy atom. The van der Waals surface area contributed by atoms with Crippen LogP contribution in [-0.4, -0.2) is 100 Å². The van der Waals surface area contributed by atoms with Crippen LogP contribution in [0.3, 0.4) is 0 Å². The number of H-pyrrole nitrogens is 1. The molecule has 0 amide bonds. The number of nitrogens with zero attached hydrogens (tertiary/aromatic N) is 12. The van der Waals surface area contributed by atoms with Gasteiger partial charge in [-0.25, -0.2) is 44.5 Å². The molecule has 113 heavy (non-hydrogen) atoms. The minimum absolute atomic E-state index is 0. The summed E-state index contributed by atoms with van der Waals surface area (Å²) in [6.07, 6.45) is 23.9. The minimum Gasteiger partial charge on any atom is -0.868 e. The van der Waals surface area contributed by atoms with Crippen LogP contribution in [0.1, 0.15) is 72.8 Å². The summed E-state index contributed by atoms with van der Waals surface area (Å²) < 4.78 is 131. The molecule has 564 valence electrons. The third-order valence-corrected chi connectivity index (χ3v) is 22.7. The van der Waals surface area contributed by atoms with Crippen LogP contribution < -0.4 is 48.6 Å². The summed E-state index contributed by atoms with van der Waals surface area (Å²) in [5.74, 6) is -17.5. The maximum absolute atomic E-state index is 15.1. The summed E-state index contributed by atoms with van der Waals surface area (Å²) in [5.41, 5.74) is 7.44. The quantitative estimate of drug-likeness (QED) is 0.0539. The molecule has 1 aromatic heterocycles. The van der Waals surface area contributed by atoms with Gasteiger partial charge < -0.3 is 44.3 Å². The number of benzene rings is 8. The summed E-state index contributed by atoms with van der Waals surface area (Å²) in [4.78, 5) is 22.3. The Kier molecular flexibility index (Phi) is 21.5. The molecule has 1 saturated carbocycles. The van der Waals surface area contributed by atoms with Gasteiger partial charge in [0.15, 0.2) is 64.1 Å². The second-order valence-electron chi connectivity index (χ2n) is 28.8. The molecular weight excluding hydrogens is 1440 g/mol. The summed E-state index contributed by atoms with van der Waals surface area (Å²) in [6, 6.07) is 43.7. The minimum atomic E-state index is -2.36. The van der Waals surface area contributed by atoms with E-state index in [9.17, 15) is 56.9 Å². The van der Waals surface area contributed by atoms with Gasteiger partial charge in [0.1, 0.15) is 35.4 Å². The molecule has 0 saturated heterocycles. The summed E-state index contributed by atoms with van der Waals surface area (Å²) >= 11 is 0. The third kappa shape index (κ3) is 12.7. The van der Waals surface area contributed by atoms with Gasteiger partial charge >= 0.3 is 18.9 Å². The zero-order chi connectivity index (χ0) is 79.7. The number of pyridine rings is 1. The van der Waals surface area contributed by atoms with E-state index >= 15 is 8.78 Å². The predicted molar refractivity (Wildman–Crippen MR) is 414 cm³/mol. The van der Waals surface area contributed by atoms with Crippen molar-refractivity contribution in [2.75, 3.05) is 89.1 Å². The van der Waals surface area contributed by atoms with Crippen LogP contribution in [0.15, 0.2) is 204 Å². The number of hydrogen-bond donors (Lipinski definition) is 0. The van der Waals surface area contributed by atoms with Crippen LogP contribution in [0, 0.1) is 105 Å². The number of aromatic nitrogens is 1. The molecule has 0 bridgehead atoms. The molecule has 24 heteroatoms. The molecule has 0 radical (unpaired) electrons. The normalized spacial score (nSPS) is 16.5. The fourth-order valence-corrected chi connectivity index (χ4v) is 17.2. The van der Waals surface area contributed by atoms with Crippen LogP contribution in [0.25, 0.3) is 66.6 Å². The SMILES string of the molecule is CN(C)C1=C/C2=C3\C=C(N(C)C)C=CN3CCCCCN2C=C1.CN1c2ccccc2N(C)C12CCCCC21N(C)c2ccccc2N1C.Cc1c(F)c(F)c(-c2ccc3c(c2)C(=C(C#N)C#N)c2cc4c(cc2-3)C(=C(C#N)C#N)c2cc(-c3c(F)c(F)c(F)c(F)c3F)ccc2-4)c(F)c1F.[Li+].[O-]c1cccc2ccc[nH+]c12. The first kappa shape index (κ1) is 78.6. The Hall–Kier alpha value is -12.5. The van der Waals surface area contributed by atoms with Gasteiger partial charge in [-0.05, 0) is 198 Å². The Morgan fingerprint density at radius 2 is 0.805 bits per heavy atom. The van der Waals surface area contributed by atoms with Crippen molar-refractivity contribution in [3.8, 4) is 74.5 Å². The topological polar surface area (TPSA) is 158 Å². The van der Waals surface area contributed by atoms with Gasteiger partial charge in [-0.1, -0.05) is 60.7 Å². The number of hydrogen-bond acceptors (Lipinski definition) is 13. The molecule has 9 aromatic rings. The van der Waals surface area contributed by atoms with Gasteiger partial charge in [-0.3, -0.25) is 0 Å². The number of fused-ring (bicyclic) bond motifs is 12. The van der Waals surface area contributed by atoms with E-state index in [0.717, 1.165) is 62.5 Å². The van der Waals surface area contributed by atoms with Crippen LogP contribution in [-0.2, 0) is 0 Å². The first-order valence-electron chi connectivity index (χ1n) is 36.3. The molecule has 17 rings (SSSR count). The number of nitrogens with one attached hydrogen (secondary N) is 1. The largest absolute Gasteiger partial charge is 1.00 e. The number of rotatable bonds is 4. The van der Waals surface area contributed by atoms with E-state index in [-0.39, 0.29) is 97.2 Å². The van der Waals surface area contributed by atoms with Crippen molar-refractivity contribution in [1.82, 2.24) is 19.6 Å². The average Bonchev–Trinajstić information content (AvgIpc) is 1.51. The van der Waals surface area contributed by atoms with Crippen molar-refractivity contribution in [2.45, 2.75) is 63.2 Å². The van der Waals surface area contributed by atoms with Gasteiger partial charge in [0.05, 0.1) is 45.3 Å². The number of para-hydroxylation sites is 5. The molecule has 8 aromatic carbocycles. The van der Waals surface area contributed by atoms with E-state index in [1.54, 1.807) is 42.6 Å². The standard InChI is InChI=1S/C39H11F9N4.C22H28N4.C19H28N4.C9H7NO.Li/c1-14-31(40)33(42)29(34(43)32(14)41)15-2-4-19-21-8-26-22(9-25(21)27(23(19)6-15)17(10-49)11-50)20-5-3-16(7-24(20)28(26)18(12-51)13-52)30-35(44)37(46)39(48)38(47)36(30)45;1-23-17-11-5-6-12-18(17)24(2)21(23)15-9-10-16-22(21)25(3)19-13-7-8-14-20(19)26(22)4;1-20(2)16-8-12-22-10-6-5-7-11-23-13-9-17(21(3)4)15-19(23)18(22)14-16;11-8-5-1-3-7-4-2-6-10-9(7)8;/h2-9H,1H3;5-8,11-14H,9-10,15-16H2,1-4H3;8-9,12-15H,5-7,10-11H2,1-4H3;1-6,11H;/q;;;;+1/b;;19-18-;;. The summed E-state index contributed by atoms with van der Waals surface area (Å²) in [7, 11) is 17.6. The molecule has 0 unspecified atom stereocenters. The van der Waals surface area contributed by atoms with Gasteiger partial charge in [0.25, 0.3) is 0 Å². The monoisotopic (exact) mass is 1520 g/mol. The van der Waals surface area contributed by atoms with Crippen LogP contribution in [0.4, 0.5) is 62.3 Å². The van der Waals surface area contributed by atoms with E-state index < -0.39 is 85.8 Å². The second kappa shape index (κ2) is 31.0. The second-order valence-corrected chi connectivity index (χ2v) is 28.8. The van der Waals surface area contributed by atoms with Crippen molar-refractivity contribution in [3.05, 3.63) is 284 Å². The average molecular weight is 1520 g/mol. The molecule has 6 heterocycles. The molecule has 0 atom stereocenters. The smallest absolute Gasteiger partial charge is 0.868 e. The van der Waals surface area contributed by atoms with Crippen LogP contribution in [0.2, 0.25) is 0 Å². The Bertz CT molecular complexity index is 5410. The number of halogens is 9. The fraction of sp³-hybridized carbons (Fsp3) is 0.225. The van der Waals surface area contributed by atoms with Gasteiger partial charge in [0.2, 0.25) is 11.3 Å². The zero-order valence-corrected chi connectivity index (χ0v) is 63.7. The number of aromatic amines is 1. The number of likely N-dealkylation sites (N-methyl/N-ethyl adjacent to an activating group) is 6. The number of allylic oxidation sites excluding steroid dienone is 6. The van der Waals surface area contributed by atoms with Gasteiger partial charge in [-0.15, -0.1) is 0 Å². The van der Waals surface area contributed by atoms with Crippen LogP contribution in [0.5, 0.6) is 5.75 Å². The molecule has 8 aliphatic rings. The molecule has 2 spiro atoms. The maximum atomic E-state index is 15.1. The van der Waals surface area contributed by atoms with E-state index in [1.165, 1.54) is 102 Å². The van der Waals surface area contributed by atoms with Crippen LogP contribution >= 0.6 is 0 Å². The first-order valence-corrected chi connectivity index (χ1v) is 36.3. The Balaban J connectivity index is 0.000000151. The van der Waals surface area contributed by atoms with Gasteiger partial charge in [-0.2, -0.15) is 21.0 Å². The first-order chi connectivity index (χ1) is 53.8. The molecule has 3 aliphatic carbocycles. The van der Waals surface area contributed by atoms with Crippen molar-refractivity contribution in [3.63, 3.8) is 0 Å². The van der Waals surface area contributed by atoms with Crippen molar-refractivity contribution in [2.24, 2.45) is 0 Å². The third-order valence-electron chi connectivity index (χ3n) is 22.7. The van der Waals surface area contributed by atoms with Crippen molar-refractivity contribution in [1.29, 1.82) is 21.0 Å². The summed E-state index contributed by atoms with van der Waals surface area (Å²) in [5, 5.41) is 51.7. The van der Waals surface area contributed by atoms with Crippen molar-refractivity contribution >= 4 is 44.8 Å². The molecular formula is C89H74F9LiN13O+. The number of nitriles is 4. The zero-order valence-electron chi connectivity index (χ0n) is 63.7. The number of anilines is 4. The fourth-order valence-electron chi connectivity index (χ4n) is 17.2. The predicted octanol–water partition coefficient (Wildman–Crippen LogP) is 15.0. The van der Waals surface area contributed by atoms with Gasteiger partial charge in [0, 0.05) is 121 Å². The van der Waals surface area contributed by atoms with Crippen molar-refractivity contribution < 1.29 is 68.5 Å². The Morgan fingerprint density at radius 3 is 1.19 bits per heavy atom. The van der Waals surface area contributed by atoms with E-state index in [1.807, 2.05) is 18.2 Å². The molecule has 1 fully saturated rings. The van der Waals surface area contributed by atoms with E-state index in [2.05, 4.69) is 186 Å². The maximum Gasteiger partial charge on any atom is 1.00 e. The molecule has 1 N–H and O–H groups in total. The molecule has 5 aliphatic heterocycles. The molecule has 14 nitrogen and oxygen atoms in total. The summed E-state index contributed by atoms with van der Waals surface area (Å²) in [6.45, 7) is 3.04.